The van der Waals surface area contributed by atoms with Crippen LogP contribution >= 0.6 is 11.6 Å². The van der Waals surface area contributed by atoms with Crippen LogP contribution in [0.4, 0.5) is 0 Å². The molecule has 0 bridgehead atoms. The molecule has 0 spiro atoms. The van der Waals surface area contributed by atoms with Crippen LogP contribution in [0.3, 0.4) is 0 Å². The number of hydrogen-bond donors (Lipinski definition) is 1. The summed E-state index contributed by atoms with van der Waals surface area (Å²) in [4.78, 5) is 2.23. The van der Waals surface area contributed by atoms with Gasteiger partial charge >= 0.3 is 0 Å². The van der Waals surface area contributed by atoms with Gasteiger partial charge < -0.3 is 14.7 Å². The second-order valence-electron chi connectivity index (χ2n) is 5.43. The van der Waals surface area contributed by atoms with Crippen molar-refractivity contribution in [2.75, 3.05) is 20.1 Å². The average Bonchev–Trinajstić information content (AvgIpc) is 2.61. The average molecular weight is 304 g/mol. The predicted octanol–water partition coefficient (Wildman–Crippen LogP) is 3.65. The van der Waals surface area contributed by atoms with E-state index in [0.29, 0.717) is 5.02 Å². The molecule has 1 aliphatic rings. The number of ether oxygens (including phenoxy) is 1. The molecule has 4 heteroatoms. The fraction of sp³-hybridized carbons (Fsp3) is 0.294. The van der Waals surface area contributed by atoms with Crippen molar-refractivity contribution >= 4 is 11.6 Å². The van der Waals surface area contributed by atoms with Crippen LogP contribution < -0.4 is 4.74 Å². The van der Waals surface area contributed by atoms with E-state index in [4.69, 9.17) is 16.3 Å². The monoisotopic (exact) mass is 303 g/mol. The van der Waals surface area contributed by atoms with Crippen molar-refractivity contribution in [2.24, 2.45) is 0 Å². The SMILES string of the molecule is CN1CCc2cc(Cl)c(O)cc2C(Oc2ccccc2)C1. The highest BCUT2D eigenvalue weighted by Crippen LogP contribution is 2.34. The molecule has 3 nitrogen and oxygen atoms in total. The van der Waals surface area contributed by atoms with E-state index in [0.717, 1.165) is 36.4 Å². The third kappa shape index (κ3) is 3.14. The zero-order valence-electron chi connectivity index (χ0n) is 11.9. The quantitative estimate of drug-likeness (QED) is 0.919. The van der Waals surface area contributed by atoms with Gasteiger partial charge in [-0.25, -0.2) is 0 Å². The molecular formula is C17H18ClNO2. The van der Waals surface area contributed by atoms with Gasteiger partial charge in [-0.05, 0) is 43.3 Å². The zero-order valence-corrected chi connectivity index (χ0v) is 12.7. The van der Waals surface area contributed by atoms with Crippen LogP contribution in [-0.2, 0) is 6.42 Å². The van der Waals surface area contributed by atoms with E-state index in [-0.39, 0.29) is 11.9 Å². The number of rotatable bonds is 2. The molecule has 21 heavy (non-hydrogen) atoms. The summed E-state index contributed by atoms with van der Waals surface area (Å²) in [5.74, 6) is 0.944. The predicted molar refractivity (Wildman–Crippen MR) is 84.1 cm³/mol. The number of aromatic hydroxyl groups is 1. The van der Waals surface area contributed by atoms with E-state index in [9.17, 15) is 5.11 Å². The summed E-state index contributed by atoms with van der Waals surface area (Å²) in [5.41, 5.74) is 2.16. The molecule has 0 aromatic heterocycles. The van der Waals surface area contributed by atoms with Crippen LogP contribution in [-0.4, -0.2) is 30.1 Å². The molecule has 2 aromatic rings. The molecule has 0 saturated heterocycles. The lowest BCUT2D eigenvalue weighted by molar-refractivity contribution is 0.156. The van der Waals surface area contributed by atoms with Gasteiger partial charge in [0.05, 0.1) is 5.02 Å². The standard InChI is InChI=1S/C17H18ClNO2/c1-19-8-7-12-9-15(18)16(20)10-14(12)17(11-19)21-13-5-3-2-4-6-13/h2-6,9-10,17,20H,7-8,11H2,1H3. The van der Waals surface area contributed by atoms with Crippen LogP contribution in [0.5, 0.6) is 11.5 Å². The summed E-state index contributed by atoms with van der Waals surface area (Å²) >= 11 is 6.04. The Morgan fingerprint density at radius 1 is 1.24 bits per heavy atom. The highest BCUT2D eigenvalue weighted by Gasteiger charge is 2.24. The van der Waals surface area contributed by atoms with Crippen LogP contribution in [0.25, 0.3) is 0 Å². The van der Waals surface area contributed by atoms with E-state index in [1.165, 1.54) is 0 Å². The Kier molecular flexibility index (Phi) is 4.04. The normalized spacial score (nSPS) is 18.9. The minimum Gasteiger partial charge on any atom is -0.506 e. The Morgan fingerprint density at radius 3 is 2.76 bits per heavy atom. The van der Waals surface area contributed by atoms with Gasteiger partial charge in [-0.1, -0.05) is 29.8 Å². The van der Waals surface area contributed by atoms with Crippen LogP contribution in [0, 0.1) is 0 Å². The van der Waals surface area contributed by atoms with Gasteiger partial charge in [0, 0.05) is 18.7 Å². The number of nitrogens with zero attached hydrogens (tertiary/aromatic N) is 1. The second kappa shape index (κ2) is 5.96. The largest absolute Gasteiger partial charge is 0.506 e. The van der Waals surface area contributed by atoms with E-state index in [1.807, 2.05) is 36.4 Å². The number of benzene rings is 2. The van der Waals surface area contributed by atoms with Crippen molar-refractivity contribution in [2.45, 2.75) is 12.5 Å². The Bertz CT molecular complexity index is 630. The van der Waals surface area contributed by atoms with E-state index < -0.39 is 0 Å². The van der Waals surface area contributed by atoms with Crippen molar-refractivity contribution in [3.05, 3.63) is 58.6 Å². The molecule has 1 unspecified atom stereocenters. The molecule has 1 aliphatic heterocycles. The summed E-state index contributed by atoms with van der Waals surface area (Å²) in [5, 5.41) is 10.3. The fourth-order valence-corrected chi connectivity index (χ4v) is 2.87. The lowest BCUT2D eigenvalue weighted by atomic mass is 10.0. The Labute approximate surface area is 129 Å². The third-order valence-electron chi connectivity index (χ3n) is 3.82. The molecule has 3 rings (SSSR count). The molecule has 1 atom stereocenters. The van der Waals surface area contributed by atoms with Gasteiger partial charge in [-0.15, -0.1) is 0 Å². The van der Waals surface area contributed by atoms with Crippen molar-refractivity contribution in [3.8, 4) is 11.5 Å². The molecule has 1 N–H and O–H groups in total. The van der Waals surface area contributed by atoms with Gasteiger partial charge in [0.15, 0.2) is 0 Å². The van der Waals surface area contributed by atoms with Gasteiger partial charge in [-0.3, -0.25) is 0 Å². The molecule has 0 fully saturated rings. The van der Waals surface area contributed by atoms with Gasteiger partial charge in [0.2, 0.25) is 0 Å². The molecule has 0 aliphatic carbocycles. The number of phenols is 1. The van der Waals surface area contributed by atoms with Gasteiger partial charge in [0.25, 0.3) is 0 Å². The fourth-order valence-electron chi connectivity index (χ4n) is 2.68. The summed E-state index contributed by atoms with van der Waals surface area (Å²) in [6.45, 7) is 1.73. The first-order valence-electron chi connectivity index (χ1n) is 7.05. The highest BCUT2D eigenvalue weighted by molar-refractivity contribution is 6.32. The van der Waals surface area contributed by atoms with Crippen molar-refractivity contribution in [3.63, 3.8) is 0 Å². The Hall–Kier alpha value is -1.71. The van der Waals surface area contributed by atoms with Gasteiger partial charge in [-0.2, -0.15) is 0 Å². The number of hydrogen-bond acceptors (Lipinski definition) is 3. The van der Waals surface area contributed by atoms with Crippen LogP contribution in [0.15, 0.2) is 42.5 Å². The number of fused-ring (bicyclic) bond motifs is 1. The van der Waals surface area contributed by atoms with Gasteiger partial charge in [0.1, 0.15) is 17.6 Å². The van der Waals surface area contributed by atoms with Crippen LogP contribution in [0.1, 0.15) is 17.2 Å². The summed E-state index contributed by atoms with van der Waals surface area (Å²) in [6.07, 6.45) is 0.790. The van der Waals surface area contributed by atoms with Crippen molar-refractivity contribution in [1.29, 1.82) is 0 Å². The Balaban J connectivity index is 1.97. The lowest BCUT2D eigenvalue weighted by Crippen LogP contribution is -2.26. The highest BCUT2D eigenvalue weighted by atomic mass is 35.5. The first-order valence-corrected chi connectivity index (χ1v) is 7.43. The maximum atomic E-state index is 9.92. The smallest absolute Gasteiger partial charge is 0.137 e. The summed E-state index contributed by atoms with van der Waals surface area (Å²) in [6, 6.07) is 13.4. The molecular weight excluding hydrogens is 286 g/mol. The third-order valence-corrected chi connectivity index (χ3v) is 4.12. The maximum absolute atomic E-state index is 9.92. The van der Waals surface area contributed by atoms with Crippen molar-refractivity contribution < 1.29 is 9.84 Å². The molecule has 0 saturated carbocycles. The topological polar surface area (TPSA) is 32.7 Å². The molecule has 110 valence electrons. The van der Waals surface area contributed by atoms with E-state index in [2.05, 4.69) is 11.9 Å². The molecule has 2 aromatic carbocycles. The number of phenolic OH excluding ortho intramolecular Hbond substituents is 1. The number of halogens is 1. The lowest BCUT2D eigenvalue weighted by Gasteiger charge is -2.23. The first kappa shape index (κ1) is 14.2. The summed E-state index contributed by atoms with van der Waals surface area (Å²) in [7, 11) is 2.08. The van der Waals surface area contributed by atoms with Crippen molar-refractivity contribution in [1.82, 2.24) is 4.90 Å². The molecule has 0 amide bonds. The zero-order chi connectivity index (χ0) is 14.8. The maximum Gasteiger partial charge on any atom is 0.137 e. The van der Waals surface area contributed by atoms with Crippen LogP contribution in [0.2, 0.25) is 5.02 Å². The number of para-hydroxylation sites is 1. The Morgan fingerprint density at radius 2 is 2.00 bits per heavy atom. The minimum absolute atomic E-state index is 0.113. The minimum atomic E-state index is -0.113. The second-order valence-corrected chi connectivity index (χ2v) is 5.84. The summed E-state index contributed by atoms with van der Waals surface area (Å²) < 4.78 is 6.13. The van der Waals surface area contributed by atoms with E-state index >= 15 is 0 Å². The van der Waals surface area contributed by atoms with E-state index in [1.54, 1.807) is 6.07 Å². The first-order chi connectivity index (χ1) is 10.1. The molecule has 1 heterocycles. The number of likely N-dealkylation sites (N-methyl/N-ethyl adjacent to an activating group) is 1. The molecule has 0 radical (unpaired) electrons.